The van der Waals surface area contributed by atoms with Crippen molar-refractivity contribution in [3.05, 3.63) is 22.4 Å². The van der Waals surface area contributed by atoms with Crippen LogP contribution in [0.4, 0.5) is 15.8 Å². The Hall–Kier alpha value is -0.810. The number of anilines is 2. The van der Waals surface area contributed by atoms with Gasteiger partial charge < -0.3 is 15.5 Å². The maximum absolute atomic E-state index is 13.6. The molecule has 1 unspecified atom stereocenters. The van der Waals surface area contributed by atoms with Crippen molar-refractivity contribution in [2.45, 2.75) is 13.0 Å². The second-order valence-electron chi connectivity index (χ2n) is 4.63. The maximum Gasteiger partial charge on any atom is 0.139 e. The van der Waals surface area contributed by atoms with E-state index in [1.54, 1.807) is 6.07 Å². The highest BCUT2D eigenvalue weighted by Crippen LogP contribution is 2.31. The van der Waals surface area contributed by atoms with Gasteiger partial charge in [-0.25, -0.2) is 4.39 Å². The molecule has 1 heterocycles. The monoisotopic (exact) mass is 301 g/mol. The molecule has 17 heavy (non-hydrogen) atoms. The molecule has 0 aliphatic carbocycles. The van der Waals surface area contributed by atoms with Crippen LogP contribution in [0, 0.1) is 5.82 Å². The molecule has 0 saturated carbocycles. The summed E-state index contributed by atoms with van der Waals surface area (Å²) >= 11 is 3.15. The van der Waals surface area contributed by atoms with Gasteiger partial charge in [-0.15, -0.1) is 0 Å². The Morgan fingerprint density at radius 2 is 2.12 bits per heavy atom. The standard InChI is InChI=1S/C12H17BrFN3/c1-8-7-16(2)3-4-17(8)12-6-10(14)9(13)5-11(12)15/h5-6,8H,3-4,7,15H2,1-2H3. The lowest BCUT2D eigenvalue weighted by atomic mass is 10.1. The Bertz CT molecular complexity index is 424. The topological polar surface area (TPSA) is 32.5 Å². The SMILES string of the molecule is CC1CN(C)CCN1c1cc(F)c(Br)cc1N. The molecule has 94 valence electrons. The van der Waals surface area contributed by atoms with E-state index < -0.39 is 0 Å². The molecule has 1 atom stereocenters. The van der Waals surface area contributed by atoms with Crippen molar-refractivity contribution < 1.29 is 4.39 Å². The summed E-state index contributed by atoms with van der Waals surface area (Å²) in [5.41, 5.74) is 7.38. The molecule has 5 heteroatoms. The van der Waals surface area contributed by atoms with Gasteiger partial charge >= 0.3 is 0 Å². The lowest BCUT2D eigenvalue weighted by molar-refractivity contribution is 0.275. The van der Waals surface area contributed by atoms with E-state index in [4.69, 9.17) is 5.73 Å². The highest BCUT2D eigenvalue weighted by molar-refractivity contribution is 9.10. The van der Waals surface area contributed by atoms with E-state index in [9.17, 15) is 4.39 Å². The summed E-state index contributed by atoms with van der Waals surface area (Å²) in [5.74, 6) is -0.264. The second kappa shape index (κ2) is 4.82. The third-order valence-corrected chi connectivity index (χ3v) is 3.82. The molecule has 1 aromatic carbocycles. The molecule has 0 aromatic heterocycles. The fourth-order valence-corrected chi connectivity index (χ4v) is 2.66. The van der Waals surface area contributed by atoms with Crippen LogP contribution in [0.3, 0.4) is 0 Å². The number of rotatable bonds is 1. The Labute approximate surface area is 110 Å². The summed E-state index contributed by atoms with van der Waals surface area (Å²) in [6.45, 7) is 4.95. The van der Waals surface area contributed by atoms with Gasteiger partial charge in [-0.05, 0) is 36.0 Å². The second-order valence-corrected chi connectivity index (χ2v) is 5.48. The van der Waals surface area contributed by atoms with E-state index in [0.29, 0.717) is 16.2 Å². The molecule has 1 aromatic rings. The number of likely N-dealkylation sites (N-methyl/N-ethyl adjacent to an activating group) is 1. The summed E-state index contributed by atoms with van der Waals surface area (Å²) in [5, 5.41) is 0. The van der Waals surface area contributed by atoms with Gasteiger partial charge in [0.1, 0.15) is 5.82 Å². The number of benzene rings is 1. The molecule has 0 bridgehead atoms. The van der Waals surface area contributed by atoms with Crippen LogP contribution in [0.15, 0.2) is 16.6 Å². The molecule has 1 fully saturated rings. The normalized spacial score (nSPS) is 21.9. The average Bonchev–Trinajstić information content (AvgIpc) is 2.24. The summed E-state index contributed by atoms with van der Waals surface area (Å²) in [7, 11) is 2.10. The number of nitrogens with zero attached hydrogens (tertiary/aromatic N) is 2. The van der Waals surface area contributed by atoms with Crippen LogP contribution in [-0.4, -0.2) is 37.6 Å². The Balaban J connectivity index is 2.31. The minimum atomic E-state index is -0.264. The molecule has 1 aliphatic heterocycles. The first-order valence-corrected chi connectivity index (χ1v) is 6.48. The molecule has 0 amide bonds. The van der Waals surface area contributed by atoms with Gasteiger partial charge in [-0.3, -0.25) is 0 Å². The van der Waals surface area contributed by atoms with Gasteiger partial charge in [0, 0.05) is 31.7 Å². The van der Waals surface area contributed by atoms with E-state index in [2.05, 4.69) is 39.7 Å². The van der Waals surface area contributed by atoms with Crippen molar-refractivity contribution >= 4 is 27.3 Å². The van der Waals surface area contributed by atoms with E-state index in [1.807, 2.05) is 0 Å². The summed E-state index contributed by atoms with van der Waals surface area (Å²) in [4.78, 5) is 4.44. The van der Waals surface area contributed by atoms with Crippen molar-refractivity contribution in [2.24, 2.45) is 0 Å². The minimum absolute atomic E-state index is 0.264. The van der Waals surface area contributed by atoms with Crippen LogP contribution in [-0.2, 0) is 0 Å². The number of hydrogen-bond acceptors (Lipinski definition) is 3. The van der Waals surface area contributed by atoms with Gasteiger partial charge in [0.25, 0.3) is 0 Å². The zero-order chi connectivity index (χ0) is 12.6. The van der Waals surface area contributed by atoms with Gasteiger partial charge in [0.15, 0.2) is 0 Å². The number of nitrogen functional groups attached to an aromatic ring is 1. The van der Waals surface area contributed by atoms with Crippen molar-refractivity contribution in [3.63, 3.8) is 0 Å². The molecule has 2 N–H and O–H groups in total. The summed E-state index contributed by atoms with van der Waals surface area (Å²) < 4.78 is 14.0. The molecule has 3 nitrogen and oxygen atoms in total. The lowest BCUT2D eigenvalue weighted by Gasteiger charge is -2.40. The third kappa shape index (κ3) is 2.55. The summed E-state index contributed by atoms with van der Waals surface area (Å²) in [6.07, 6.45) is 0. The molecule has 1 saturated heterocycles. The van der Waals surface area contributed by atoms with Crippen LogP contribution in [0.2, 0.25) is 0 Å². The molecule has 2 rings (SSSR count). The Morgan fingerprint density at radius 1 is 1.41 bits per heavy atom. The molecule has 0 spiro atoms. The van der Waals surface area contributed by atoms with Crippen LogP contribution >= 0.6 is 15.9 Å². The van der Waals surface area contributed by atoms with Gasteiger partial charge in [-0.2, -0.15) is 0 Å². The highest BCUT2D eigenvalue weighted by Gasteiger charge is 2.23. The number of piperazine rings is 1. The molecule has 1 aliphatic rings. The molecule has 0 radical (unpaired) electrons. The van der Waals surface area contributed by atoms with E-state index >= 15 is 0 Å². The Kier molecular flexibility index (Phi) is 3.58. The average molecular weight is 302 g/mol. The highest BCUT2D eigenvalue weighted by atomic mass is 79.9. The first-order chi connectivity index (χ1) is 7.99. The zero-order valence-corrected chi connectivity index (χ0v) is 11.7. The van der Waals surface area contributed by atoms with Crippen molar-refractivity contribution in [2.75, 3.05) is 37.3 Å². The van der Waals surface area contributed by atoms with Crippen LogP contribution in [0.25, 0.3) is 0 Å². The lowest BCUT2D eigenvalue weighted by Crippen LogP contribution is -2.50. The fourth-order valence-electron chi connectivity index (χ4n) is 2.30. The first-order valence-electron chi connectivity index (χ1n) is 5.68. The van der Waals surface area contributed by atoms with Crippen molar-refractivity contribution in [1.29, 1.82) is 0 Å². The minimum Gasteiger partial charge on any atom is -0.397 e. The Morgan fingerprint density at radius 3 is 2.76 bits per heavy atom. The summed E-state index contributed by atoms with van der Waals surface area (Å²) in [6, 6.07) is 3.49. The van der Waals surface area contributed by atoms with E-state index in [1.165, 1.54) is 6.07 Å². The van der Waals surface area contributed by atoms with Crippen molar-refractivity contribution in [3.8, 4) is 0 Å². The van der Waals surface area contributed by atoms with Crippen molar-refractivity contribution in [1.82, 2.24) is 4.90 Å². The smallest absolute Gasteiger partial charge is 0.139 e. The quantitative estimate of drug-likeness (QED) is 0.808. The first kappa shape index (κ1) is 12.6. The van der Waals surface area contributed by atoms with Gasteiger partial charge in [0.2, 0.25) is 0 Å². The van der Waals surface area contributed by atoms with Crippen LogP contribution < -0.4 is 10.6 Å². The van der Waals surface area contributed by atoms with E-state index in [0.717, 1.165) is 25.3 Å². The predicted molar refractivity (Wildman–Crippen MR) is 72.8 cm³/mol. The molecular weight excluding hydrogens is 285 g/mol. The maximum atomic E-state index is 13.6. The molecular formula is C12H17BrFN3. The van der Waals surface area contributed by atoms with Gasteiger partial charge in [-0.1, -0.05) is 0 Å². The number of halogens is 2. The van der Waals surface area contributed by atoms with E-state index in [-0.39, 0.29) is 5.82 Å². The number of nitrogens with two attached hydrogens (primary N) is 1. The number of hydrogen-bond donors (Lipinski definition) is 1. The predicted octanol–water partition coefficient (Wildman–Crippen LogP) is 2.31. The largest absolute Gasteiger partial charge is 0.397 e. The third-order valence-electron chi connectivity index (χ3n) is 3.21. The van der Waals surface area contributed by atoms with Gasteiger partial charge in [0.05, 0.1) is 15.8 Å². The fraction of sp³-hybridized carbons (Fsp3) is 0.500. The van der Waals surface area contributed by atoms with Crippen LogP contribution in [0.1, 0.15) is 6.92 Å². The zero-order valence-electron chi connectivity index (χ0n) is 10.1. The van der Waals surface area contributed by atoms with Crippen LogP contribution in [0.5, 0.6) is 0 Å².